The Bertz CT molecular complexity index is 620. The van der Waals surface area contributed by atoms with Gasteiger partial charge in [-0.25, -0.2) is 4.68 Å². The van der Waals surface area contributed by atoms with E-state index in [9.17, 15) is 4.79 Å². The van der Waals surface area contributed by atoms with Gasteiger partial charge in [0.15, 0.2) is 0 Å². The van der Waals surface area contributed by atoms with Crippen molar-refractivity contribution in [3.63, 3.8) is 0 Å². The lowest BCUT2D eigenvalue weighted by atomic mass is 10.2. The molecule has 0 unspecified atom stereocenters. The zero-order valence-electron chi connectivity index (χ0n) is 10.1. The number of hydrogen-bond donors (Lipinski definition) is 1. The molecule has 90 valence electrons. The number of hydrogen-bond acceptors (Lipinski definition) is 3. The molecular formula is C13H12N4O. The summed E-state index contributed by atoms with van der Waals surface area (Å²) in [4.78, 5) is 10.3. The van der Waals surface area contributed by atoms with Gasteiger partial charge < -0.3 is 5.32 Å². The van der Waals surface area contributed by atoms with Crippen LogP contribution in [0.2, 0.25) is 0 Å². The highest BCUT2D eigenvalue weighted by atomic mass is 16.1. The summed E-state index contributed by atoms with van der Waals surface area (Å²) in [5.41, 5.74) is 3.70. The smallest absolute Gasteiger partial charge is 0.211 e. The number of amides is 1. The van der Waals surface area contributed by atoms with Crippen LogP contribution in [0.4, 0.5) is 5.69 Å². The first-order valence-corrected chi connectivity index (χ1v) is 5.44. The Hall–Kier alpha value is -2.61. The minimum atomic E-state index is 0.602. The van der Waals surface area contributed by atoms with E-state index in [2.05, 4.69) is 16.5 Å². The van der Waals surface area contributed by atoms with E-state index in [0.717, 1.165) is 17.1 Å². The second-order valence-corrected chi connectivity index (χ2v) is 3.88. The summed E-state index contributed by atoms with van der Waals surface area (Å²) in [7, 11) is 0. The predicted octanol–water partition coefficient (Wildman–Crippen LogP) is 1.93. The van der Waals surface area contributed by atoms with Crippen molar-refractivity contribution in [2.75, 3.05) is 5.32 Å². The normalized spacial score (nSPS) is 9.83. The van der Waals surface area contributed by atoms with Gasteiger partial charge >= 0.3 is 0 Å². The van der Waals surface area contributed by atoms with Crippen LogP contribution in [0.3, 0.4) is 0 Å². The van der Waals surface area contributed by atoms with Crippen molar-refractivity contribution in [3.05, 3.63) is 41.2 Å². The van der Waals surface area contributed by atoms with E-state index >= 15 is 0 Å². The van der Waals surface area contributed by atoms with Gasteiger partial charge in [-0.15, -0.1) is 0 Å². The first kappa shape index (κ1) is 11.9. The van der Waals surface area contributed by atoms with Crippen molar-refractivity contribution >= 4 is 12.1 Å². The standard InChI is InChI=1S/C13H12N4O/c1-9-13(7-14)10(2)17(16-9)12-5-3-11(4-6-12)15-8-18/h3-6,8H,1-2H3,(H,15,18). The summed E-state index contributed by atoms with van der Waals surface area (Å²) in [6.07, 6.45) is 0.631. The largest absolute Gasteiger partial charge is 0.329 e. The summed E-state index contributed by atoms with van der Waals surface area (Å²) < 4.78 is 1.72. The summed E-state index contributed by atoms with van der Waals surface area (Å²) in [5, 5.41) is 15.9. The molecule has 0 saturated heterocycles. The van der Waals surface area contributed by atoms with Gasteiger partial charge in [-0.1, -0.05) is 0 Å². The molecule has 1 heterocycles. The predicted molar refractivity (Wildman–Crippen MR) is 67.4 cm³/mol. The monoisotopic (exact) mass is 240 g/mol. The molecule has 0 aliphatic carbocycles. The van der Waals surface area contributed by atoms with Crippen molar-refractivity contribution < 1.29 is 4.79 Å². The van der Waals surface area contributed by atoms with Crippen LogP contribution in [-0.2, 0) is 4.79 Å². The van der Waals surface area contributed by atoms with Crippen LogP contribution in [0.15, 0.2) is 24.3 Å². The van der Waals surface area contributed by atoms with Crippen molar-refractivity contribution in [3.8, 4) is 11.8 Å². The highest BCUT2D eigenvalue weighted by Gasteiger charge is 2.11. The maximum atomic E-state index is 10.3. The maximum Gasteiger partial charge on any atom is 0.211 e. The average Bonchev–Trinajstić information content (AvgIpc) is 2.66. The Kier molecular flexibility index (Phi) is 3.11. The van der Waals surface area contributed by atoms with Gasteiger partial charge in [-0.2, -0.15) is 10.4 Å². The Labute approximate surface area is 105 Å². The SMILES string of the molecule is Cc1nn(-c2ccc(NC=O)cc2)c(C)c1C#N. The third-order valence-electron chi connectivity index (χ3n) is 2.74. The van der Waals surface area contributed by atoms with Gasteiger partial charge in [0.1, 0.15) is 6.07 Å². The molecule has 18 heavy (non-hydrogen) atoms. The molecule has 0 radical (unpaired) electrons. The van der Waals surface area contributed by atoms with Crippen LogP contribution in [0.1, 0.15) is 17.0 Å². The fourth-order valence-corrected chi connectivity index (χ4v) is 1.82. The van der Waals surface area contributed by atoms with Gasteiger partial charge in [0, 0.05) is 5.69 Å². The molecule has 0 saturated carbocycles. The van der Waals surface area contributed by atoms with Crippen LogP contribution in [-0.4, -0.2) is 16.2 Å². The van der Waals surface area contributed by atoms with E-state index in [1.807, 2.05) is 26.0 Å². The number of anilines is 1. The van der Waals surface area contributed by atoms with Crippen LogP contribution in [0.25, 0.3) is 5.69 Å². The molecule has 0 aliphatic heterocycles. The summed E-state index contributed by atoms with van der Waals surface area (Å²) in [6.45, 7) is 3.67. The molecule has 0 atom stereocenters. The molecule has 1 aromatic carbocycles. The molecule has 5 heteroatoms. The van der Waals surface area contributed by atoms with Crippen LogP contribution < -0.4 is 5.32 Å². The van der Waals surface area contributed by atoms with Gasteiger partial charge in [0.05, 0.1) is 22.6 Å². The van der Waals surface area contributed by atoms with Crippen molar-refractivity contribution in [1.29, 1.82) is 5.26 Å². The fourth-order valence-electron chi connectivity index (χ4n) is 1.82. The van der Waals surface area contributed by atoms with Gasteiger partial charge in [-0.05, 0) is 38.1 Å². The van der Waals surface area contributed by atoms with Crippen LogP contribution >= 0.6 is 0 Å². The molecule has 5 nitrogen and oxygen atoms in total. The molecular weight excluding hydrogens is 228 g/mol. The van der Waals surface area contributed by atoms with E-state index < -0.39 is 0 Å². The molecule has 0 aliphatic rings. The first-order valence-electron chi connectivity index (χ1n) is 5.44. The maximum absolute atomic E-state index is 10.3. The highest BCUT2D eigenvalue weighted by molar-refractivity contribution is 5.71. The number of carbonyl (C=O) groups excluding carboxylic acids is 1. The Balaban J connectivity index is 2.43. The van der Waals surface area contributed by atoms with Gasteiger partial charge in [-0.3, -0.25) is 4.79 Å². The van der Waals surface area contributed by atoms with E-state index in [1.54, 1.807) is 16.8 Å². The van der Waals surface area contributed by atoms with Crippen molar-refractivity contribution in [1.82, 2.24) is 9.78 Å². The fraction of sp³-hybridized carbons (Fsp3) is 0.154. The molecule has 1 N–H and O–H groups in total. The second kappa shape index (κ2) is 4.72. The van der Waals surface area contributed by atoms with Gasteiger partial charge in [0.25, 0.3) is 0 Å². The average molecular weight is 240 g/mol. The zero-order valence-corrected chi connectivity index (χ0v) is 10.1. The summed E-state index contributed by atoms with van der Waals surface area (Å²) in [6, 6.07) is 9.39. The van der Waals surface area contributed by atoms with Crippen LogP contribution in [0.5, 0.6) is 0 Å². The quantitative estimate of drug-likeness (QED) is 0.833. The lowest BCUT2D eigenvalue weighted by Gasteiger charge is -2.05. The van der Waals surface area contributed by atoms with E-state index in [0.29, 0.717) is 17.7 Å². The molecule has 1 amide bonds. The lowest BCUT2D eigenvalue weighted by Crippen LogP contribution is -2.00. The molecule has 0 fully saturated rings. The van der Waals surface area contributed by atoms with E-state index in [4.69, 9.17) is 5.26 Å². The molecule has 2 aromatic rings. The van der Waals surface area contributed by atoms with E-state index in [1.165, 1.54) is 0 Å². The number of nitrogens with one attached hydrogen (secondary N) is 1. The number of aromatic nitrogens is 2. The van der Waals surface area contributed by atoms with E-state index in [-0.39, 0.29) is 0 Å². The Morgan fingerprint density at radius 1 is 1.33 bits per heavy atom. The molecule has 2 rings (SSSR count). The number of carbonyl (C=O) groups is 1. The third kappa shape index (κ3) is 1.96. The minimum Gasteiger partial charge on any atom is -0.329 e. The minimum absolute atomic E-state index is 0.602. The first-order chi connectivity index (χ1) is 8.67. The van der Waals surface area contributed by atoms with Gasteiger partial charge in [0.2, 0.25) is 6.41 Å². The number of benzene rings is 1. The molecule has 0 bridgehead atoms. The molecule has 0 spiro atoms. The Morgan fingerprint density at radius 2 is 2.00 bits per heavy atom. The zero-order chi connectivity index (χ0) is 13.1. The summed E-state index contributed by atoms with van der Waals surface area (Å²) >= 11 is 0. The van der Waals surface area contributed by atoms with Crippen molar-refractivity contribution in [2.24, 2.45) is 0 Å². The summed E-state index contributed by atoms with van der Waals surface area (Å²) in [5.74, 6) is 0. The second-order valence-electron chi connectivity index (χ2n) is 3.88. The topological polar surface area (TPSA) is 70.7 Å². The number of nitriles is 1. The van der Waals surface area contributed by atoms with Crippen molar-refractivity contribution in [2.45, 2.75) is 13.8 Å². The third-order valence-corrected chi connectivity index (χ3v) is 2.74. The molecule has 1 aromatic heterocycles. The lowest BCUT2D eigenvalue weighted by molar-refractivity contribution is -0.105. The number of nitrogens with zero attached hydrogens (tertiary/aromatic N) is 3. The van der Waals surface area contributed by atoms with Crippen LogP contribution in [0, 0.1) is 25.2 Å². The highest BCUT2D eigenvalue weighted by Crippen LogP contribution is 2.18. The Morgan fingerprint density at radius 3 is 2.50 bits per heavy atom. The number of aryl methyl sites for hydroxylation is 1. The number of rotatable bonds is 3.